The molecule has 0 radical (unpaired) electrons. The van der Waals surface area contributed by atoms with Crippen LogP contribution < -0.4 is 0 Å². The molecule has 5 heteroatoms. The molecule has 1 heterocycles. The molecule has 0 bridgehead atoms. The quantitative estimate of drug-likeness (QED) is 0.276. The van der Waals surface area contributed by atoms with Gasteiger partial charge in [0.25, 0.3) is 0 Å². The number of rotatable bonds is 5. The zero-order valence-electron chi connectivity index (χ0n) is 18.3. The summed E-state index contributed by atoms with van der Waals surface area (Å²) in [5, 5.41) is 0.184. The van der Waals surface area contributed by atoms with Gasteiger partial charge in [-0.3, -0.25) is 0 Å². The molecule has 0 aromatic heterocycles. The van der Waals surface area contributed by atoms with E-state index in [2.05, 4.69) is 47.4 Å². The van der Waals surface area contributed by atoms with E-state index in [9.17, 15) is 4.79 Å². The van der Waals surface area contributed by atoms with Crippen LogP contribution in [0.2, 0.25) is 18.1 Å². The number of carbonyl (C=O) groups is 1. The maximum absolute atomic E-state index is 11.5. The Morgan fingerprint density at radius 1 is 1.26 bits per heavy atom. The number of methoxy groups -OCH3 is 1. The zero-order valence-corrected chi connectivity index (χ0v) is 19.3. The number of hydrogen-bond donors (Lipinski definition) is 0. The third-order valence-corrected chi connectivity index (χ3v) is 11.2. The topological polar surface area (TPSA) is 44.8 Å². The van der Waals surface area contributed by atoms with Gasteiger partial charge < -0.3 is 13.9 Å². The van der Waals surface area contributed by atoms with Crippen molar-refractivity contribution in [3.05, 3.63) is 23.8 Å². The Morgan fingerprint density at radius 2 is 1.93 bits per heavy atom. The lowest BCUT2D eigenvalue weighted by Gasteiger charge is -2.43. The van der Waals surface area contributed by atoms with Crippen LogP contribution in [0.15, 0.2) is 23.8 Å². The molecule has 0 amide bonds. The van der Waals surface area contributed by atoms with Gasteiger partial charge in [-0.15, -0.1) is 0 Å². The van der Waals surface area contributed by atoms with Crippen molar-refractivity contribution in [3.63, 3.8) is 0 Å². The average molecular weight is 395 g/mol. The van der Waals surface area contributed by atoms with Crippen molar-refractivity contribution in [2.75, 3.05) is 13.7 Å². The summed E-state index contributed by atoms with van der Waals surface area (Å²) >= 11 is 0. The fraction of sp³-hybridized carbons (Fsp3) is 0.773. The van der Waals surface area contributed by atoms with E-state index in [1.807, 2.05) is 0 Å². The molecule has 0 N–H and O–H groups in total. The zero-order chi connectivity index (χ0) is 20.4. The van der Waals surface area contributed by atoms with Crippen LogP contribution >= 0.6 is 0 Å². The number of hydrogen-bond acceptors (Lipinski definition) is 4. The molecular formula is C22H38O4Si. The molecule has 4 nitrogen and oxygen atoms in total. The van der Waals surface area contributed by atoms with Crippen molar-refractivity contribution >= 4 is 14.3 Å². The predicted molar refractivity (Wildman–Crippen MR) is 112 cm³/mol. The Morgan fingerprint density at radius 3 is 2.41 bits per heavy atom. The van der Waals surface area contributed by atoms with Gasteiger partial charge >= 0.3 is 5.97 Å². The highest BCUT2D eigenvalue weighted by atomic mass is 28.4. The Labute approximate surface area is 166 Å². The van der Waals surface area contributed by atoms with Gasteiger partial charge in [-0.1, -0.05) is 32.9 Å². The van der Waals surface area contributed by atoms with Crippen LogP contribution in [-0.2, 0) is 18.7 Å². The van der Waals surface area contributed by atoms with Crippen LogP contribution in [-0.4, -0.2) is 40.2 Å². The first-order chi connectivity index (χ1) is 12.5. The average Bonchev–Trinajstić information content (AvgIpc) is 2.97. The summed E-state index contributed by atoms with van der Waals surface area (Å²) in [6.07, 6.45) is 6.04. The van der Waals surface area contributed by atoms with Gasteiger partial charge in [0, 0.05) is 17.9 Å². The maximum atomic E-state index is 11.5. The second kappa shape index (κ2) is 8.62. The van der Waals surface area contributed by atoms with Crippen LogP contribution in [0.1, 0.15) is 53.4 Å². The summed E-state index contributed by atoms with van der Waals surface area (Å²) in [5.41, 5.74) is 2.25. The summed E-state index contributed by atoms with van der Waals surface area (Å²) < 4.78 is 17.9. The third-order valence-electron chi connectivity index (χ3n) is 6.73. The molecule has 2 fully saturated rings. The molecular weight excluding hydrogens is 356 g/mol. The fourth-order valence-corrected chi connectivity index (χ4v) is 5.36. The highest BCUT2D eigenvalue weighted by Crippen LogP contribution is 2.46. The first kappa shape index (κ1) is 22.4. The monoisotopic (exact) mass is 394 g/mol. The summed E-state index contributed by atoms with van der Waals surface area (Å²) in [6, 6.07) is 0. The number of ether oxygens (including phenoxy) is 2. The first-order valence-corrected chi connectivity index (χ1v) is 13.1. The molecule has 1 saturated heterocycles. The molecule has 4 atom stereocenters. The van der Waals surface area contributed by atoms with E-state index in [0.717, 1.165) is 31.3 Å². The first-order valence-electron chi connectivity index (χ1n) is 10.2. The lowest BCUT2D eigenvalue weighted by atomic mass is 9.88. The van der Waals surface area contributed by atoms with Crippen molar-refractivity contribution in [2.24, 2.45) is 11.8 Å². The summed E-state index contributed by atoms with van der Waals surface area (Å²) in [5.74, 6) is 0.523. The standard InChI is InChI=1S/C22H38O4Si/c1-15(2)17-10-11-18(21(17)26-27(7,8)22(3,4)5)19-12-9-16(14-25-19)13-20(23)24-6/h13,17-19,21H,1,9-12,14H2,2-8H3/b16-13-/t17-,18+,19+,21-/m0/s1. The molecule has 2 aliphatic rings. The van der Waals surface area contributed by atoms with E-state index in [0.29, 0.717) is 18.4 Å². The van der Waals surface area contributed by atoms with Crippen LogP contribution in [0.25, 0.3) is 0 Å². The molecule has 2 rings (SSSR count). The second-order valence-electron chi connectivity index (χ2n) is 9.75. The molecule has 0 unspecified atom stereocenters. The normalized spacial score (nSPS) is 31.1. The van der Waals surface area contributed by atoms with E-state index in [1.54, 1.807) is 6.08 Å². The SMILES string of the molecule is C=C(C)[C@@H]1CC[C@H]([C@H]2CC/C(=C/C(=O)OC)CO2)[C@H]1O[Si](C)(C)C(C)(C)C. The molecule has 0 aromatic carbocycles. The maximum Gasteiger partial charge on any atom is 0.330 e. The smallest absolute Gasteiger partial charge is 0.330 e. The minimum absolute atomic E-state index is 0.184. The van der Waals surface area contributed by atoms with Gasteiger partial charge in [-0.2, -0.15) is 0 Å². The molecule has 1 aliphatic heterocycles. The Hall–Kier alpha value is -0.913. The van der Waals surface area contributed by atoms with Gasteiger partial charge in [0.15, 0.2) is 8.32 Å². The van der Waals surface area contributed by atoms with E-state index in [4.69, 9.17) is 13.9 Å². The Balaban J connectivity index is 2.12. The molecule has 1 saturated carbocycles. The van der Waals surface area contributed by atoms with Crippen molar-refractivity contribution in [1.82, 2.24) is 0 Å². The molecule has 1 aliphatic carbocycles. The Bertz CT molecular complexity index is 578. The van der Waals surface area contributed by atoms with Crippen LogP contribution in [0.5, 0.6) is 0 Å². The second-order valence-corrected chi connectivity index (χ2v) is 14.5. The van der Waals surface area contributed by atoms with Crippen molar-refractivity contribution < 1.29 is 18.7 Å². The summed E-state index contributed by atoms with van der Waals surface area (Å²) in [4.78, 5) is 11.5. The highest BCUT2D eigenvalue weighted by Gasteiger charge is 2.48. The molecule has 27 heavy (non-hydrogen) atoms. The molecule has 154 valence electrons. The minimum atomic E-state index is -1.87. The summed E-state index contributed by atoms with van der Waals surface area (Å²) in [6.45, 7) is 18.4. The van der Waals surface area contributed by atoms with Gasteiger partial charge in [0.1, 0.15) is 0 Å². The van der Waals surface area contributed by atoms with Crippen molar-refractivity contribution in [3.8, 4) is 0 Å². The minimum Gasteiger partial charge on any atom is -0.466 e. The van der Waals surface area contributed by atoms with Gasteiger partial charge in [0.05, 0.1) is 25.9 Å². The lowest BCUT2D eigenvalue weighted by molar-refractivity contribution is -0.135. The highest BCUT2D eigenvalue weighted by molar-refractivity contribution is 6.74. The lowest BCUT2D eigenvalue weighted by Crippen LogP contribution is -2.48. The van der Waals surface area contributed by atoms with Crippen LogP contribution in [0.4, 0.5) is 0 Å². The van der Waals surface area contributed by atoms with Crippen LogP contribution in [0, 0.1) is 11.8 Å². The van der Waals surface area contributed by atoms with Crippen LogP contribution in [0.3, 0.4) is 0 Å². The van der Waals surface area contributed by atoms with E-state index >= 15 is 0 Å². The van der Waals surface area contributed by atoms with E-state index in [-0.39, 0.29) is 23.2 Å². The van der Waals surface area contributed by atoms with Gasteiger partial charge in [0.2, 0.25) is 0 Å². The molecule has 0 aromatic rings. The van der Waals surface area contributed by atoms with Crippen molar-refractivity contribution in [1.29, 1.82) is 0 Å². The van der Waals surface area contributed by atoms with E-state index < -0.39 is 8.32 Å². The van der Waals surface area contributed by atoms with Crippen molar-refractivity contribution in [2.45, 2.75) is 83.7 Å². The molecule has 0 spiro atoms. The van der Waals surface area contributed by atoms with Gasteiger partial charge in [-0.25, -0.2) is 4.79 Å². The Kier molecular flexibility index (Phi) is 7.15. The largest absolute Gasteiger partial charge is 0.466 e. The predicted octanol–water partition coefficient (Wildman–Crippen LogP) is 5.26. The number of carbonyl (C=O) groups excluding carboxylic acids is 1. The van der Waals surface area contributed by atoms with Gasteiger partial charge in [-0.05, 0) is 56.3 Å². The third kappa shape index (κ3) is 5.33. The fourth-order valence-electron chi connectivity index (χ4n) is 3.98. The number of esters is 1. The summed E-state index contributed by atoms with van der Waals surface area (Å²) in [7, 11) is -0.465. The van der Waals surface area contributed by atoms with E-state index in [1.165, 1.54) is 12.7 Å².